The predicted octanol–water partition coefficient (Wildman–Crippen LogP) is 4.56. The van der Waals surface area contributed by atoms with Gasteiger partial charge in [0.25, 0.3) is 5.91 Å². The minimum Gasteiger partial charge on any atom is -0.421 e. The number of hydrogen-bond acceptors (Lipinski definition) is 6. The minimum atomic E-state index is -0.308. The number of carbonyl (C=O) groups is 1. The third kappa shape index (κ3) is 3.90. The van der Waals surface area contributed by atoms with E-state index in [2.05, 4.69) is 20.6 Å². The zero-order valence-corrected chi connectivity index (χ0v) is 17.9. The third-order valence-electron chi connectivity index (χ3n) is 4.95. The lowest BCUT2D eigenvalue weighted by Crippen LogP contribution is -2.24. The molecule has 0 aliphatic rings. The second-order valence-corrected chi connectivity index (χ2v) is 8.21. The van der Waals surface area contributed by atoms with E-state index in [4.69, 9.17) is 4.42 Å². The molecule has 160 valence electrons. The molecule has 3 heterocycles. The van der Waals surface area contributed by atoms with Gasteiger partial charge in [-0.2, -0.15) is 5.10 Å². The van der Waals surface area contributed by atoms with E-state index in [-0.39, 0.29) is 11.7 Å². The highest BCUT2D eigenvalue weighted by atomic mass is 32.1. The number of halogens is 1. The van der Waals surface area contributed by atoms with Crippen molar-refractivity contribution in [3.05, 3.63) is 82.9 Å². The number of benzene rings is 2. The molecule has 2 aromatic carbocycles. The van der Waals surface area contributed by atoms with E-state index >= 15 is 0 Å². The van der Waals surface area contributed by atoms with Crippen molar-refractivity contribution in [2.75, 3.05) is 6.54 Å². The summed E-state index contributed by atoms with van der Waals surface area (Å²) in [5.74, 6) is 0.428. The van der Waals surface area contributed by atoms with Crippen molar-refractivity contribution in [2.24, 2.45) is 0 Å². The number of thiophene rings is 1. The number of carbonyl (C=O) groups excluding carboxylic acids is 1. The Balaban J connectivity index is 1.27. The molecule has 9 heteroatoms. The maximum absolute atomic E-state index is 13.3. The summed E-state index contributed by atoms with van der Waals surface area (Å²) in [7, 11) is 0. The largest absolute Gasteiger partial charge is 0.421 e. The lowest BCUT2D eigenvalue weighted by atomic mass is 10.2. The molecular weight excluding hydrogens is 429 g/mol. The van der Waals surface area contributed by atoms with E-state index < -0.39 is 0 Å². The topological polar surface area (TPSA) is 85.8 Å². The Labute approximate surface area is 186 Å². The smallest absolute Gasteiger partial charge is 0.261 e. The number of aromatic nitrogens is 4. The lowest BCUT2D eigenvalue weighted by Gasteiger charge is -2.02. The first-order chi connectivity index (χ1) is 15.6. The van der Waals surface area contributed by atoms with E-state index in [1.165, 1.54) is 23.5 Å². The number of rotatable bonds is 6. The van der Waals surface area contributed by atoms with Crippen LogP contribution >= 0.6 is 11.3 Å². The molecule has 0 spiro atoms. The van der Waals surface area contributed by atoms with Crippen LogP contribution in [0.5, 0.6) is 0 Å². The van der Waals surface area contributed by atoms with E-state index in [1.807, 2.05) is 43.3 Å². The van der Waals surface area contributed by atoms with Gasteiger partial charge in [0.15, 0.2) is 0 Å². The Morgan fingerprint density at radius 1 is 1.12 bits per heavy atom. The molecular formula is C23H18FN5O2S. The molecule has 0 bridgehead atoms. The SMILES string of the molecule is Cc1nn(-c2ccc(F)cc2)c2sc(C(=O)NCCc3nnc(-c4ccccc4)o3)cc12. The van der Waals surface area contributed by atoms with Gasteiger partial charge in [0.05, 0.1) is 16.3 Å². The van der Waals surface area contributed by atoms with Crippen LogP contribution in [0.15, 0.2) is 65.1 Å². The van der Waals surface area contributed by atoms with Crippen LogP contribution in [0.3, 0.4) is 0 Å². The number of aryl methyl sites for hydroxylation is 1. The molecule has 1 amide bonds. The Morgan fingerprint density at radius 3 is 2.69 bits per heavy atom. The average molecular weight is 447 g/mol. The van der Waals surface area contributed by atoms with Crippen LogP contribution < -0.4 is 5.32 Å². The quantitative estimate of drug-likeness (QED) is 0.413. The van der Waals surface area contributed by atoms with Gasteiger partial charge in [-0.1, -0.05) is 18.2 Å². The first kappa shape index (κ1) is 20.1. The predicted molar refractivity (Wildman–Crippen MR) is 119 cm³/mol. The molecule has 7 nitrogen and oxygen atoms in total. The monoisotopic (exact) mass is 447 g/mol. The highest BCUT2D eigenvalue weighted by molar-refractivity contribution is 7.20. The molecule has 3 aromatic heterocycles. The van der Waals surface area contributed by atoms with Crippen molar-refractivity contribution in [3.63, 3.8) is 0 Å². The first-order valence-electron chi connectivity index (χ1n) is 9.99. The van der Waals surface area contributed by atoms with Crippen LogP contribution in [0.1, 0.15) is 21.3 Å². The van der Waals surface area contributed by atoms with E-state index in [9.17, 15) is 9.18 Å². The van der Waals surface area contributed by atoms with Crippen molar-refractivity contribution in [1.82, 2.24) is 25.3 Å². The van der Waals surface area contributed by atoms with Gasteiger partial charge in [0.1, 0.15) is 10.6 Å². The molecule has 0 saturated heterocycles. The van der Waals surface area contributed by atoms with E-state index in [1.54, 1.807) is 16.8 Å². The van der Waals surface area contributed by atoms with Gasteiger partial charge in [-0.05, 0) is 49.4 Å². The number of nitrogens with zero attached hydrogens (tertiary/aromatic N) is 4. The molecule has 0 unspecified atom stereocenters. The summed E-state index contributed by atoms with van der Waals surface area (Å²) < 4.78 is 20.7. The molecule has 32 heavy (non-hydrogen) atoms. The fraction of sp³-hybridized carbons (Fsp3) is 0.130. The first-order valence-corrected chi connectivity index (χ1v) is 10.8. The fourth-order valence-electron chi connectivity index (χ4n) is 3.34. The summed E-state index contributed by atoms with van der Waals surface area (Å²) in [4.78, 5) is 14.1. The minimum absolute atomic E-state index is 0.181. The molecule has 0 fully saturated rings. The average Bonchev–Trinajstić information content (AvgIpc) is 3.52. The third-order valence-corrected chi connectivity index (χ3v) is 6.06. The van der Waals surface area contributed by atoms with Crippen LogP contribution in [0.2, 0.25) is 0 Å². The van der Waals surface area contributed by atoms with Gasteiger partial charge in [0.2, 0.25) is 11.8 Å². The van der Waals surface area contributed by atoms with Crippen LogP contribution in [-0.2, 0) is 6.42 Å². The summed E-state index contributed by atoms with van der Waals surface area (Å²) >= 11 is 1.34. The molecule has 5 rings (SSSR count). The maximum atomic E-state index is 13.3. The Hall–Kier alpha value is -3.85. The van der Waals surface area contributed by atoms with Gasteiger partial charge in [-0.3, -0.25) is 4.79 Å². The Kier molecular flexibility index (Phi) is 5.24. The van der Waals surface area contributed by atoms with Gasteiger partial charge >= 0.3 is 0 Å². The van der Waals surface area contributed by atoms with Gasteiger partial charge in [-0.25, -0.2) is 9.07 Å². The second-order valence-electron chi connectivity index (χ2n) is 7.18. The Bertz CT molecular complexity index is 1390. The van der Waals surface area contributed by atoms with E-state index in [0.29, 0.717) is 29.6 Å². The summed E-state index contributed by atoms with van der Waals surface area (Å²) in [6, 6.07) is 17.5. The van der Waals surface area contributed by atoms with Crippen molar-refractivity contribution >= 4 is 27.5 Å². The normalized spacial score (nSPS) is 11.2. The molecule has 0 saturated carbocycles. The van der Waals surface area contributed by atoms with Crippen LogP contribution in [0.4, 0.5) is 4.39 Å². The summed E-state index contributed by atoms with van der Waals surface area (Å²) in [5, 5.41) is 16.4. The van der Waals surface area contributed by atoms with Crippen LogP contribution in [0, 0.1) is 12.7 Å². The Morgan fingerprint density at radius 2 is 1.91 bits per heavy atom. The van der Waals surface area contributed by atoms with Crippen LogP contribution in [-0.4, -0.2) is 32.4 Å². The van der Waals surface area contributed by atoms with E-state index in [0.717, 1.165) is 27.2 Å². The summed E-state index contributed by atoms with van der Waals surface area (Å²) in [6.45, 7) is 2.25. The molecule has 0 radical (unpaired) electrons. The van der Waals surface area contributed by atoms with Crippen molar-refractivity contribution in [3.8, 4) is 17.1 Å². The highest BCUT2D eigenvalue weighted by Gasteiger charge is 2.17. The van der Waals surface area contributed by atoms with Gasteiger partial charge in [-0.15, -0.1) is 21.5 Å². The van der Waals surface area contributed by atoms with Crippen LogP contribution in [0.25, 0.3) is 27.4 Å². The molecule has 5 aromatic rings. The maximum Gasteiger partial charge on any atom is 0.261 e. The molecule has 1 N–H and O–H groups in total. The number of hydrogen-bond donors (Lipinski definition) is 1. The summed E-state index contributed by atoms with van der Waals surface area (Å²) in [6.07, 6.45) is 0.429. The van der Waals surface area contributed by atoms with Crippen molar-refractivity contribution in [2.45, 2.75) is 13.3 Å². The summed E-state index contributed by atoms with van der Waals surface area (Å²) in [5.41, 5.74) is 2.40. The van der Waals surface area contributed by atoms with Crippen molar-refractivity contribution in [1.29, 1.82) is 0 Å². The zero-order valence-electron chi connectivity index (χ0n) is 17.1. The second kappa shape index (κ2) is 8.35. The number of nitrogens with one attached hydrogen (secondary N) is 1. The van der Waals surface area contributed by atoms with Crippen molar-refractivity contribution < 1.29 is 13.6 Å². The number of amides is 1. The standard InChI is InChI=1S/C23H18FN5O2S/c1-14-18-13-19(32-23(18)29(28-14)17-9-7-16(24)8-10-17)21(30)25-12-11-20-26-27-22(31-20)15-5-3-2-4-6-15/h2-10,13H,11-12H2,1H3,(H,25,30). The molecule has 0 aliphatic heterocycles. The van der Waals surface area contributed by atoms with Gasteiger partial charge < -0.3 is 9.73 Å². The highest BCUT2D eigenvalue weighted by Crippen LogP contribution is 2.30. The number of fused-ring (bicyclic) bond motifs is 1. The lowest BCUT2D eigenvalue weighted by molar-refractivity contribution is 0.0957. The fourth-order valence-corrected chi connectivity index (χ4v) is 4.44. The zero-order chi connectivity index (χ0) is 22.1. The van der Waals surface area contributed by atoms with Gasteiger partial charge in [0, 0.05) is 23.9 Å². The molecule has 0 aliphatic carbocycles. The molecule has 0 atom stereocenters.